The lowest BCUT2D eigenvalue weighted by Crippen LogP contribution is -1.99. The summed E-state index contributed by atoms with van der Waals surface area (Å²) >= 11 is 0. The van der Waals surface area contributed by atoms with Crippen LogP contribution in [0.5, 0.6) is 5.75 Å². The second-order valence-electron chi connectivity index (χ2n) is 7.30. The lowest BCUT2D eigenvalue weighted by Gasteiger charge is -2.06. The van der Waals surface area contributed by atoms with Crippen LogP contribution in [0.2, 0.25) is 0 Å². The van der Waals surface area contributed by atoms with Crippen LogP contribution in [0.3, 0.4) is 0 Å². The van der Waals surface area contributed by atoms with Gasteiger partial charge >= 0.3 is 0 Å². The number of benzene rings is 2. The fraction of sp³-hybridized carbons (Fsp3) is 0.200. The van der Waals surface area contributed by atoms with Crippen molar-refractivity contribution in [2.45, 2.75) is 32.4 Å². The fourth-order valence-electron chi connectivity index (χ4n) is 3.17. The third kappa shape index (κ3) is 6.16. The third-order valence-electron chi connectivity index (χ3n) is 4.91. The van der Waals surface area contributed by atoms with Crippen molar-refractivity contribution in [3.05, 3.63) is 95.5 Å². The highest BCUT2D eigenvalue weighted by molar-refractivity contribution is 5.66. The molecule has 0 saturated carbocycles. The third-order valence-corrected chi connectivity index (χ3v) is 4.91. The summed E-state index contributed by atoms with van der Waals surface area (Å²) in [7, 11) is 0. The average molecular weight is 425 g/mol. The van der Waals surface area contributed by atoms with Gasteiger partial charge in [-0.25, -0.2) is 4.98 Å². The number of ether oxygens (including phenoxy) is 1. The van der Waals surface area contributed by atoms with E-state index in [1.54, 1.807) is 30.7 Å². The largest absolute Gasteiger partial charge is 0.487 e. The van der Waals surface area contributed by atoms with E-state index in [9.17, 15) is 0 Å². The van der Waals surface area contributed by atoms with E-state index < -0.39 is 0 Å². The molecule has 2 heterocycles. The van der Waals surface area contributed by atoms with Gasteiger partial charge < -0.3 is 9.15 Å². The van der Waals surface area contributed by atoms with Crippen molar-refractivity contribution >= 4 is 12.2 Å². The SMILES string of the molecule is N#Cc1ccc(C=Cc2nc(COc3ccc(CCCCn4ccnn4)cc3)co2)cc1. The lowest BCUT2D eigenvalue weighted by molar-refractivity contribution is 0.301. The van der Waals surface area contributed by atoms with Crippen LogP contribution in [0.15, 0.2) is 71.6 Å². The van der Waals surface area contributed by atoms with Crippen LogP contribution in [-0.2, 0) is 19.6 Å². The molecule has 0 aliphatic rings. The summed E-state index contributed by atoms with van der Waals surface area (Å²) in [5.41, 5.74) is 3.61. The first-order valence-corrected chi connectivity index (χ1v) is 10.5. The molecule has 0 aliphatic heterocycles. The Balaban J connectivity index is 1.21. The van der Waals surface area contributed by atoms with E-state index in [1.165, 1.54) is 5.56 Å². The van der Waals surface area contributed by atoms with Crippen LogP contribution < -0.4 is 4.74 Å². The molecule has 0 radical (unpaired) electrons. The van der Waals surface area contributed by atoms with Crippen molar-refractivity contribution in [3.63, 3.8) is 0 Å². The molecular formula is C25H23N5O2. The van der Waals surface area contributed by atoms with Gasteiger partial charge in [0, 0.05) is 18.8 Å². The van der Waals surface area contributed by atoms with Crippen molar-refractivity contribution in [2.24, 2.45) is 0 Å². The zero-order valence-electron chi connectivity index (χ0n) is 17.6. The Morgan fingerprint density at radius 3 is 2.62 bits per heavy atom. The van der Waals surface area contributed by atoms with Crippen LogP contribution in [0, 0.1) is 11.3 Å². The summed E-state index contributed by atoms with van der Waals surface area (Å²) in [5, 5.41) is 16.6. The second kappa shape index (κ2) is 10.7. The summed E-state index contributed by atoms with van der Waals surface area (Å²) in [6, 6.07) is 17.6. The minimum Gasteiger partial charge on any atom is -0.487 e. The minimum absolute atomic E-state index is 0.339. The number of unbranched alkanes of at least 4 members (excludes halogenated alkanes) is 1. The minimum atomic E-state index is 0.339. The average Bonchev–Trinajstić information content (AvgIpc) is 3.52. The highest BCUT2D eigenvalue weighted by Crippen LogP contribution is 2.16. The molecule has 0 saturated heterocycles. The molecule has 0 amide bonds. The van der Waals surface area contributed by atoms with Gasteiger partial charge in [0.25, 0.3) is 0 Å². The summed E-state index contributed by atoms with van der Waals surface area (Å²) < 4.78 is 13.2. The maximum atomic E-state index is 8.85. The molecular weight excluding hydrogens is 402 g/mol. The number of nitrogens with zero attached hydrogens (tertiary/aromatic N) is 5. The Kier molecular flexibility index (Phi) is 7.06. The lowest BCUT2D eigenvalue weighted by atomic mass is 10.1. The molecule has 4 rings (SSSR count). The molecule has 0 N–H and O–H groups in total. The molecule has 7 heteroatoms. The van der Waals surface area contributed by atoms with Crippen molar-refractivity contribution in [1.29, 1.82) is 5.26 Å². The fourth-order valence-corrected chi connectivity index (χ4v) is 3.17. The van der Waals surface area contributed by atoms with E-state index in [2.05, 4.69) is 33.5 Å². The quantitative estimate of drug-likeness (QED) is 0.335. The van der Waals surface area contributed by atoms with E-state index >= 15 is 0 Å². The summed E-state index contributed by atoms with van der Waals surface area (Å²) in [6.45, 7) is 1.23. The number of hydrogen-bond acceptors (Lipinski definition) is 6. The maximum Gasteiger partial charge on any atom is 0.218 e. The predicted octanol–water partition coefficient (Wildman–Crippen LogP) is 4.91. The van der Waals surface area contributed by atoms with Gasteiger partial charge in [0.2, 0.25) is 5.89 Å². The molecule has 0 unspecified atom stereocenters. The van der Waals surface area contributed by atoms with Gasteiger partial charge in [0.1, 0.15) is 24.3 Å². The molecule has 160 valence electrons. The van der Waals surface area contributed by atoms with Crippen LogP contribution in [-0.4, -0.2) is 20.0 Å². The number of aryl methyl sites for hydroxylation is 2. The number of aromatic nitrogens is 4. The molecule has 32 heavy (non-hydrogen) atoms. The summed E-state index contributed by atoms with van der Waals surface area (Å²) in [5.74, 6) is 1.31. The molecule has 0 fully saturated rings. The smallest absolute Gasteiger partial charge is 0.218 e. The highest BCUT2D eigenvalue weighted by Gasteiger charge is 2.03. The molecule has 2 aromatic heterocycles. The van der Waals surface area contributed by atoms with Crippen LogP contribution in [0.25, 0.3) is 12.2 Å². The molecule has 4 aromatic rings. The zero-order chi connectivity index (χ0) is 22.0. The van der Waals surface area contributed by atoms with E-state index in [-0.39, 0.29) is 0 Å². The molecule has 0 bridgehead atoms. The molecule has 0 spiro atoms. The van der Waals surface area contributed by atoms with Gasteiger partial charge in [-0.05, 0) is 60.7 Å². The van der Waals surface area contributed by atoms with Crippen molar-refractivity contribution in [2.75, 3.05) is 0 Å². The van der Waals surface area contributed by atoms with Gasteiger partial charge in [-0.2, -0.15) is 5.26 Å². The Labute approximate surface area is 186 Å². The standard InChI is InChI=1S/C25H23N5O2/c26-17-22-6-4-21(5-7-22)10-13-25-28-23(19-32-25)18-31-24-11-8-20(9-12-24)3-1-2-15-30-16-14-27-29-30/h4-14,16,19H,1-3,15,18H2. The van der Waals surface area contributed by atoms with E-state index in [4.69, 9.17) is 14.4 Å². The first kappa shape index (κ1) is 21.1. The Bertz CT molecular complexity index is 1170. The topological polar surface area (TPSA) is 89.8 Å². The van der Waals surface area contributed by atoms with E-state index in [0.29, 0.717) is 18.1 Å². The van der Waals surface area contributed by atoms with Crippen LogP contribution >= 0.6 is 0 Å². The van der Waals surface area contributed by atoms with Crippen molar-refractivity contribution in [1.82, 2.24) is 20.0 Å². The Morgan fingerprint density at radius 1 is 1.03 bits per heavy atom. The molecule has 0 aliphatic carbocycles. The Morgan fingerprint density at radius 2 is 1.88 bits per heavy atom. The maximum absolute atomic E-state index is 8.85. The number of oxazole rings is 1. The number of hydrogen-bond donors (Lipinski definition) is 0. The van der Waals surface area contributed by atoms with Crippen molar-refractivity contribution < 1.29 is 9.15 Å². The zero-order valence-corrected chi connectivity index (χ0v) is 17.6. The van der Waals surface area contributed by atoms with Gasteiger partial charge in [-0.15, -0.1) is 5.10 Å². The van der Waals surface area contributed by atoms with Gasteiger partial charge in [-0.1, -0.05) is 29.5 Å². The summed E-state index contributed by atoms with van der Waals surface area (Å²) in [4.78, 5) is 4.42. The molecule has 2 aromatic carbocycles. The number of rotatable bonds is 10. The first-order valence-electron chi connectivity index (χ1n) is 10.5. The number of nitriles is 1. The van der Waals surface area contributed by atoms with Gasteiger partial charge in [0.15, 0.2) is 0 Å². The first-order chi connectivity index (χ1) is 15.8. The van der Waals surface area contributed by atoms with Crippen LogP contribution in [0.1, 0.15) is 41.1 Å². The Hall–Kier alpha value is -4.18. The second-order valence-corrected chi connectivity index (χ2v) is 7.30. The molecule has 0 atom stereocenters. The van der Waals surface area contributed by atoms with Gasteiger partial charge in [0.05, 0.1) is 17.8 Å². The predicted molar refractivity (Wildman–Crippen MR) is 120 cm³/mol. The normalized spacial score (nSPS) is 11.0. The highest BCUT2D eigenvalue weighted by atomic mass is 16.5. The van der Waals surface area contributed by atoms with E-state index in [1.807, 2.05) is 41.2 Å². The van der Waals surface area contributed by atoms with E-state index in [0.717, 1.165) is 42.8 Å². The van der Waals surface area contributed by atoms with Gasteiger partial charge in [-0.3, -0.25) is 4.68 Å². The van der Waals surface area contributed by atoms with Crippen LogP contribution in [0.4, 0.5) is 0 Å². The summed E-state index contributed by atoms with van der Waals surface area (Å²) in [6.07, 6.45) is 12.1. The molecule has 7 nitrogen and oxygen atoms in total. The van der Waals surface area contributed by atoms with Crippen molar-refractivity contribution in [3.8, 4) is 11.8 Å². The monoisotopic (exact) mass is 425 g/mol.